The maximum Gasteiger partial charge on any atom is 0.221 e. The smallest absolute Gasteiger partial charge is 0.221 e. The lowest BCUT2D eigenvalue weighted by atomic mass is 10.1. The molecule has 0 saturated carbocycles. The SMILES string of the molecule is NC(=O)Cc1ccc(NCc2cccc3[nH]ccc23)cc1. The van der Waals surface area contributed by atoms with Gasteiger partial charge in [-0.05, 0) is 35.4 Å². The molecule has 0 radical (unpaired) electrons. The van der Waals surface area contributed by atoms with Gasteiger partial charge in [0.25, 0.3) is 0 Å². The summed E-state index contributed by atoms with van der Waals surface area (Å²) < 4.78 is 0. The van der Waals surface area contributed by atoms with Crippen molar-refractivity contribution in [2.75, 3.05) is 5.32 Å². The predicted octanol–water partition coefficient (Wildman–Crippen LogP) is 2.81. The highest BCUT2D eigenvalue weighted by molar-refractivity contribution is 5.83. The first-order valence-electron chi connectivity index (χ1n) is 6.88. The Balaban J connectivity index is 1.70. The van der Waals surface area contributed by atoms with Crippen molar-refractivity contribution in [1.82, 2.24) is 4.98 Å². The number of amides is 1. The van der Waals surface area contributed by atoms with Crippen LogP contribution in [-0.4, -0.2) is 10.9 Å². The van der Waals surface area contributed by atoms with E-state index in [1.54, 1.807) is 0 Å². The molecule has 0 aliphatic heterocycles. The van der Waals surface area contributed by atoms with Crippen molar-refractivity contribution in [3.8, 4) is 0 Å². The molecule has 0 saturated heterocycles. The summed E-state index contributed by atoms with van der Waals surface area (Å²) in [4.78, 5) is 14.1. The summed E-state index contributed by atoms with van der Waals surface area (Å²) in [6.45, 7) is 0.754. The minimum Gasteiger partial charge on any atom is -0.381 e. The van der Waals surface area contributed by atoms with E-state index < -0.39 is 0 Å². The van der Waals surface area contributed by atoms with Crippen LogP contribution in [0.15, 0.2) is 54.7 Å². The van der Waals surface area contributed by atoms with Crippen LogP contribution in [0.25, 0.3) is 10.9 Å². The number of primary amides is 1. The van der Waals surface area contributed by atoms with Gasteiger partial charge in [-0.15, -0.1) is 0 Å². The molecule has 1 aromatic heterocycles. The van der Waals surface area contributed by atoms with Crippen LogP contribution in [0.3, 0.4) is 0 Å². The van der Waals surface area contributed by atoms with Crippen LogP contribution in [-0.2, 0) is 17.8 Å². The third-order valence-corrected chi connectivity index (χ3v) is 3.50. The second-order valence-electron chi connectivity index (χ2n) is 5.05. The van der Waals surface area contributed by atoms with Crippen LogP contribution in [0, 0.1) is 0 Å². The zero-order chi connectivity index (χ0) is 14.7. The minimum absolute atomic E-state index is 0.281. The molecule has 1 amide bonds. The molecule has 0 fully saturated rings. The number of rotatable bonds is 5. The fourth-order valence-electron chi connectivity index (χ4n) is 2.44. The number of hydrogen-bond donors (Lipinski definition) is 3. The maximum atomic E-state index is 10.9. The normalized spacial score (nSPS) is 10.7. The van der Waals surface area contributed by atoms with Crippen molar-refractivity contribution in [3.05, 3.63) is 65.9 Å². The maximum absolute atomic E-state index is 10.9. The molecule has 3 rings (SSSR count). The summed E-state index contributed by atoms with van der Waals surface area (Å²) in [7, 11) is 0. The summed E-state index contributed by atoms with van der Waals surface area (Å²) >= 11 is 0. The molecule has 21 heavy (non-hydrogen) atoms. The van der Waals surface area contributed by atoms with E-state index >= 15 is 0 Å². The number of hydrogen-bond acceptors (Lipinski definition) is 2. The standard InChI is InChI=1S/C17H17N3O/c18-17(21)10-12-4-6-14(7-5-12)20-11-13-2-1-3-16-15(13)8-9-19-16/h1-9,19-20H,10-11H2,(H2,18,21). The van der Waals surface area contributed by atoms with Crippen LogP contribution < -0.4 is 11.1 Å². The van der Waals surface area contributed by atoms with Gasteiger partial charge in [0.1, 0.15) is 0 Å². The number of nitrogens with one attached hydrogen (secondary N) is 2. The molecule has 3 aromatic rings. The van der Waals surface area contributed by atoms with Gasteiger partial charge < -0.3 is 16.0 Å². The Labute approximate surface area is 123 Å². The zero-order valence-corrected chi connectivity index (χ0v) is 11.6. The first-order valence-corrected chi connectivity index (χ1v) is 6.88. The third-order valence-electron chi connectivity index (χ3n) is 3.50. The summed E-state index contributed by atoms with van der Waals surface area (Å²) in [5, 5.41) is 4.63. The molecule has 106 valence electrons. The Morgan fingerprint density at radius 2 is 1.90 bits per heavy atom. The molecule has 0 spiro atoms. The van der Waals surface area contributed by atoms with E-state index in [1.165, 1.54) is 10.9 Å². The zero-order valence-electron chi connectivity index (χ0n) is 11.6. The quantitative estimate of drug-likeness (QED) is 0.672. The Kier molecular flexibility index (Phi) is 3.60. The molecule has 4 N–H and O–H groups in total. The molecule has 2 aromatic carbocycles. The molecular weight excluding hydrogens is 262 g/mol. The lowest BCUT2D eigenvalue weighted by Gasteiger charge is -2.08. The largest absolute Gasteiger partial charge is 0.381 e. The van der Waals surface area contributed by atoms with Crippen LogP contribution in [0.4, 0.5) is 5.69 Å². The number of H-pyrrole nitrogens is 1. The Bertz CT molecular complexity index is 759. The average molecular weight is 279 g/mol. The van der Waals surface area contributed by atoms with Crippen molar-refractivity contribution in [3.63, 3.8) is 0 Å². The van der Waals surface area contributed by atoms with Gasteiger partial charge in [0.2, 0.25) is 5.91 Å². The van der Waals surface area contributed by atoms with E-state index in [2.05, 4.69) is 28.5 Å². The van der Waals surface area contributed by atoms with Gasteiger partial charge in [0.05, 0.1) is 6.42 Å². The molecule has 0 unspecified atom stereocenters. The van der Waals surface area contributed by atoms with Gasteiger partial charge in [-0.2, -0.15) is 0 Å². The topological polar surface area (TPSA) is 70.9 Å². The van der Waals surface area contributed by atoms with E-state index in [0.717, 1.165) is 23.3 Å². The summed E-state index contributed by atoms with van der Waals surface area (Å²) in [5.41, 5.74) is 9.53. The lowest BCUT2D eigenvalue weighted by molar-refractivity contribution is -0.117. The van der Waals surface area contributed by atoms with E-state index in [0.29, 0.717) is 0 Å². The number of nitrogens with two attached hydrogens (primary N) is 1. The van der Waals surface area contributed by atoms with Crippen molar-refractivity contribution < 1.29 is 4.79 Å². The van der Waals surface area contributed by atoms with Crippen molar-refractivity contribution in [2.45, 2.75) is 13.0 Å². The van der Waals surface area contributed by atoms with Crippen LogP contribution in [0.2, 0.25) is 0 Å². The number of benzene rings is 2. The van der Waals surface area contributed by atoms with Crippen LogP contribution in [0.5, 0.6) is 0 Å². The third kappa shape index (κ3) is 3.05. The lowest BCUT2D eigenvalue weighted by Crippen LogP contribution is -2.13. The fraction of sp³-hybridized carbons (Fsp3) is 0.118. The molecule has 0 atom stereocenters. The fourth-order valence-corrected chi connectivity index (χ4v) is 2.44. The molecule has 4 heteroatoms. The Morgan fingerprint density at radius 1 is 1.10 bits per heavy atom. The van der Waals surface area contributed by atoms with Gasteiger partial charge in [0.15, 0.2) is 0 Å². The molecule has 0 aliphatic rings. The van der Waals surface area contributed by atoms with E-state index in [-0.39, 0.29) is 12.3 Å². The molecule has 4 nitrogen and oxygen atoms in total. The second kappa shape index (κ2) is 5.71. The van der Waals surface area contributed by atoms with E-state index in [1.807, 2.05) is 36.5 Å². The van der Waals surface area contributed by atoms with Crippen LogP contribution in [0.1, 0.15) is 11.1 Å². The number of fused-ring (bicyclic) bond motifs is 1. The number of carbonyl (C=O) groups is 1. The number of carbonyl (C=O) groups excluding carboxylic acids is 1. The first-order chi connectivity index (χ1) is 10.2. The highest BCUT2D eigenvalue weighted by Crippen LogP contribution is 2.19. The predicted molar refractivity (Wildman–Crippen MR) is 85.0 cm³/mol. The number of aromatic amines is 1. The number of anilines is 1. The Morgan fingerprint density at radius 3 is 2.67 bits per heavy atom. The van der Waals surface area contributed by atoms with E-state index in [9.17, 15) is 4.79 Å². The van der Waals surface area contributed by atoms with Crippen molar-refractivity contribution in [1.29, 1.82) is 0 Å². The summed E-state index contributed by atoms with van der Waals surface area (Å²) in [6.07, 6.45) is 2.23. The van der Waals surface area contributed by atoms with E-state index in [4.69, 9.17) is 5.73 Å². The van der Waals surface area contributed by atoms with Gasteiger partial charge in [0, 0.05) is 29.3 Å². The monoisotopic (exact) mass is 279 g/mol. The number of aromatic nitrogens is 1. The second-order valence-corrected chi connectivity index (χ2v) is 5.05. The van der Waals surface area contributed by atoms with Crippen molar-refractivity contribution >= 4 is 22.5 Å². The first kappa shape index (κ1) is 13.2. The van der Waals surface area contributed by atoms with Crippen molar-refractivity contribution in [2.24, 2.45) is 5.73 Å². The molecule has 1 heterocycles. The highest BCUT2D eigenvalue weighted by Gasteiger charge is 2.02. The van der Waals surface area contributed by atoms with Gasteiger partial charge in [-0.3, -0.25) is 4.79 Å². The van der Waals surface area contributed by atoms with Crippen LogP contribution >= 0.6 is 0 Å². The average Bonchev–Trinajstić information content (AvgIpc) is 2.95. The van der Waals surface area contributed by atoms with Gasteiger partial charge in [-0.25, -0.2) is 0 Å². The van der Waals surface area contributed by atoms with Gasteiger partial charge in [-0.1, -0.05) is 24.3 Å². The highest BCUT2D eigenvalue weighted by atomic mass is 16.1. The van der Waals surface area contributed by atoms with Gasteiger partial charge >= 0.3 is 0 Å². The Hall–Kier alpha value is -2.75. The minimum atomic E-state index is -0.310. The summed E-state index contributed by atoms with van der Waals surface area (Å²) in [6, 6.07) is 16.1. The molecular formula is C17H17N3O. The molecule has 0 aliphatic carbocycles. The molecule has 0 bridgehead atoms. The summed E-state index contributed by atoms with van der Waals surface area (Å²) in [5.74, 6) is -0.310.